The third kappa shape index (κ3) is 35.5. The lowest BCUT2D eigenvalue weighted by Gasteiger charge is -2.35. The Morgan fingerprint density at radius 1 is 0.448 bits per heavy atom. The van der Waals surface area contributed by atoms with Crippen LogP contribution in [0.15, 0.2) is 0 Å². The topological polar surface area (TPSA) is 146 Å². The van der Waals surface area contributed by atoms with Crippen LogP contribution in [0, 0.1) is 0 Å². The summed E-state index contributed by atoms with van der Waals surface area (Å²) in [6, 6.07) is 0. The maximum atomic E-state index is 14.1. The lowest BCUT2D eigenvalue weighted by molar-refractivity contribution is -0.137. The first kappa shape index (κ1) is 56.7. The normalized spacial score (nSPS) is 11.8. The van der Waals surface area contributed by atoms with E-state index in [0.717, 1.165) is 82.3 Å². The molecule has 346 valence electrons. The first-order valence-corrected chi connectivity index (χ1v) is 25.6. The Morgan fingerprint density at radius 3 is 1.03 bits per heavy atom. The number of rotatable bonds is 48. The van der Waals surface area contributed by atoms with Crippen molar-refractivity contribution in [1.29, 1.82) is 0 Å². The number of carbonyl (C=O) groups is 2. The average molecular weight is 823 g/mol. The van der Waals surface area contributed by atoms with E-state index in [4.69, 9.17) is 11.6 Å². The molecular weight excluding hydrogens is 721 g/mol. The molecule has 0 aliphatic rings. The minimum atomic E-state index is -1.17. The van der Waals surface area contributed by atoms with E-state index in [1.54, 1.807) is 0 Å². The van der Waals surface area contributed by atoms with Crippen LogP contribution in [0.25, 0.3) is 0 Å². The standard InChI is InChI=1S/C49H102N6O3/c1-3-5-7-9-11-13-15-17-19-21-23-25-27-29-31-33-39-49(54-51,40-34-32-30-28-26-24-22-20-18-16-14-12-10-8-6-4-2)47(56)55(48(57)58)46-38-45-53-43-36-35-42-52-44-37-41-50/h52-54H,3-46,50-51H2,1-2H3,(H,57,58). The zero-order chi connectivity index (χ0) is 42.5. The summed E-state index contributed by atoms with van der Waals surface area (Å²) in [5.74, 6) is 5.86. The first-order chi connectivity index (χ1) is 28.5. The van der Waals surface area contributed by atoms with Gasteiger partial charge in [-0.05, 0) is 71.2 Å². The summed E-state index contributed by atoms with van der Waals surface area (Å²) >= 11 is 0. The van der Waals surface area contributed by atoms with E-state index in [2.05, 4.69) is 29.9 Å². The van der Waals surface area contributed by atoms with Crippen LogP contribution in [0.4, 0.5) is 4.79 Å². The lowest BCUT2D eigenvalue weighted by atomic mass is 9.85. The molecular formula is C49H102N6O3. The van der Waals surface area contributed by atoms with Gasteiger partial charge in [-0.2, -0.15) is 0 Å². The number of carboxylic acid groups (broad SMARTS) is 1. The molecule has 0 spiro atoms. The fourth-order valence-corrected chi connectivity index (χ4v) is 8.38. The van der Waals surface area contributed by atoms with E-state index < -0.39 is 11.6 Å². The second-order valence-electron chi connectivity index (χ2n) is 17.8. The Morgan fingerprint density at radius 2 is 0.741 bits per heavy atom. The highest BCUT2D eigenvalue weighted by Gasteiger charge is 2.41. The Labute approximate surface area is 360 Å². The number of nitrogens with one attached hydrogen (secondary N) is 3. The van der Waals surface area contributed by atoms with Gasteiger partial charge in [-0.3, -0.25) is 10.6 Å². The van der Waals surface area contributed by atoms with Crippen molar-refractivity contribution in [2.24, 2.45) is 11.6 Å². The van der Waals surface area contributed by atoms with Crippen LogP contribution in [0.3, 0.4) is 0 Å². The van der Waals surface area contributed by atoms with Gasteiger partial charge in [0.1, 0.15) is 5.54 Å². The predicted octanol–water partition coefficient (Wildman–Crippen LogP) is 12.7. The molecule has 0 aromatic carbocycles. The SMILES string of the molecule is CCCCCCCCCCCCCCCCCCC(CCCCCCCCCCCCCCCCCC)(NN)C(=O)N(CCCNCCCCNCCCN)C(=O)O. The largest absolute Gasteiger partial charge is 0.465 e. The van der Waals surface area contributed by atoms with Crippen molar-refractivity contribution in [2.75, 3.05) is 39.3 Å². The van der Waals surface area contributed by atoms with Gasteiger partial charge in [-0.25, -0.2) is 15.1 Å². The van der Waals surface area contributed by atoms with Gasteiger partial charge in [0, 0.05) is 6.54 Å². The summed E-state index contributed by atoms with van der Waals surface area (Å²) in [6.07, 6.45) is 45.2. The number of nitrogens with zero attached hydrogens (tertiary/aromatic N) is 1. The Kier molecular flexibility index (Phi) is 44.3. The molecule has 0 atom stereocenters. The molecule has 0 aromatic heterocycles. The maximum Gasteiger partial charge on any atom is 0.414 e. The van der Waals surface area contributed by atoms with Gasteiger partial charge in [0.15, 0.2) is 0 Å². The molecule has 8 N–H and O–H groups in total. The monoisotopic (exact) mass is 823 g/mol. The van der Waals surface area contributed by atoms with E-state index in [-0.39, 0.29) is 12.5 Å². The number of hydrazine groups is 1. The van der Waals surface area contributed by atoms with Crippen LogP contribution in [0.5, 0.6) is 0 Å². The summed E-state index contributed by atoms with van der Waals surface area (Å²) < 4.78 is 0. The second kappa shape index (κ2) is 45.3. The van der Waals surface area contributed by atoms with Crippen molar-refractivity contribution < 1.29 is 14.7 Å². The van der Waals surface area contributed by atoms with Gasteiger partial charge < -0.3 is 21.5 Å². The summed E-state index contributed by atoms with van der Waals surface area (Å²) in [4.78, 5) is 27.6. The van der Waals surface area contributed by atoms with Gasteiger partial charge in [0.2, 0.25) is 0 Å². The van der Waals surface area contributed by atoms with E-state index in [9.17, 15) is 14.7 Å². The summed E-state index contributed by atoms with van der Waals surface area (Å²) in [6.45, 7) is 8.96. The summed E-state index contributed by atoms with van der Waals surface area (Å²) in [7, 11) is 0. The van der Waals surface area contributed by atoms with Crippen molar-refractivity contribution >= 4 is 12.0 Å². The van der Waals surface area contributed by atoms with Crippen LogP contribution in [-0.2, 0) is 4.79 Å². The second-order valence-corrected chi connectivity index (χ2v) is 17.8. The van der Waals surface area contributed by atoms with Crippen LogP contribution in [0.1, 0.15) is 258 Å². The van der Waals surface area contributed by atoms with Crippen molar-refractivity contribution in [3.8, 4) is 0 Å². The van der Waals surface area contributed by atoms with Crippen LogP contribution >= 0.6 is 0 Å². The van der Waals surface area contributed by atoms with E-state index in [1.807, 2.05) is 0 Å². The van der Waals surface area contributed by atoms with Gasteiger partial charge in [0.05, 0.1) is 0 Å². The number of hydrogen-bond acceptors (Lipinski definition) is 7. The molecule has 0 heterocycles. The molecule has 0 rings (SSSR count). The molecule has 0 unspecified atom stereocenters. The highest BCUT2D eigenvalue weighted by molar-refractivity contribution is 5.97. The van der Waals surface area contributed by atoms with Crippen molar-refractivity contribution in [3.05, 3.63) is 0 Å². The number of nitrogens with two attached hydrogens (primary N) is 2. The highest BCUT2D eigenvalue weighted by Crippen LogP contribution is 2.26. The van der Waals surface area contributed by atoms with Gasteiger partial charge in [0.25, 0.3) is 5.91 Å². The molecule has 0 saturated carbocycles. The minimum absolute atomic E-state index is 0.184. The Balaban J connectivity index is 4.69. The molecule has 0 bridgehead atoms. The van der Waals surface area contributed by atoms with Crippen molar-refractivity contribution in [2.45, 2.75) is 263 Å². The third-order valence-corrected chi connectivity index (χ3v) is 12.3. The Bertz CT molecular complexity index is 826. The number of imide groups is 1. The Hall–Kier alpha value is -1.26. The molecule has 9 heteroatoms. The first-order valence-electron chi connectivity index (χ1n) is 25.6. The predicted molar refractivity (Wildman–Crippen MR) is 251 cm³/mol. The van der Waals surface area contributed by atoms with Gasteiger partial charge >= 0.3 is 6.09 Å². The molecule has 0 saturated heterocycles. The van der Waals surface area contributed by atoms with Crippen molar-refractivity contribution in [3.63, 3.8) is 0 Å². The summed E-state index contributed by atoms with van der Waals surface area (Å²) in [5.41, 5.74) is 7.43. The van der Waals surface area contributed by atoms with Gasteiger partial charge in [-0.1, -0.05) is 219 Å². The van der Waals surface area contributed by atoms with Crippen LogP contribution < -0.4 is 27.6 Å². The lowest BCUT2D eigenvalue weighted by Crippen LogP contribution is -2.61. The maximum absolute atomic E-state index is 14.1. The quantitative estimate of drug-likeness (QED) is 0.0202. The molecule has 58 heavy (non-hydrogen) atoms. The van der Waals surface area contributed by atoms with E-state index >= 15 is 0 Å². The molecule has 0 aliphatic carbocycles. The minimum Gasteiger partial charge on any atom is -0.465 e. The van der Waals surface area contributed by atoms with Gasteiger partial charge in [-0.15, -0.1) is 0 Å². The van der Waals surface area contributed by atoms with Crippen LogP contribution in [0.2, 0.25) is 0 Å². The number of amides is 2. The summed E-state index contributed by atoms with van der Waals surface area (Å²) in [5, 5.41) is 17.0. The third-order valence-electron chi connectivity index (χ3n) is 12.3. The molecule has 0 aliphatic heterocycles. The van der Waals surface area contributed by atoms with Crippen molar-refractivity contribution in [1.82, 2.24) is 21.0 Å². The smallest absolute Gasteiger partial charge is 0.414 e. The zero-order valence-electron chi connectivity index (χ0n) is 39.0. The molecule has 0 aromatic rings. The molecule has 0 fully saturated rings. The number of hydrogen-bond donors (Lipinski definition) is 6. The highest BCUT2D eigenvalue weighted by atomic mass is 16.4. The number of carbonyl (C=O) groups excluding carboxylic acids is 1. The average Bonchev–Trinajstić information content (AvgIpc) is 3.22. The fraction of sp³-hybridized carbons (Fsp3) is 0.959. The number of unbranched alkanes of at least 4 members (excludes halogenated alkanes) is 31. The molecule has 0 radical (unpaired) electrons. The molecule has 9 nitrogen and oxygen atoms in total. The molecule has 2 amide bonds. The zero-order valence-corrected chi connectivity index (χ0v) is 39.0. The van der Waals surface area contributed by atoms with E-state index in [1.165, 1.54) is 167 Å². The van der Waals surface area contributed by atoms with Crippen LogP contribution in [-0.4, -0.2) is 66.8 Å². The van der Waals surface area contributed by atoms with E-state index in [0.29, 0.717) is 32.4 Å². The fourth-order valence-electron chi connectivity index (χ4n) is 8.38.